The third-order valence-corrected chi connectivity index (χ3v) is 6.01. The normalized spacial score (nSPS) is 26.1. The van der Waals surface area contributed by atoms with E-state index in [9.17, 15) is 9.36 Å². The Kier molecular flexibility index (Phi) is 6.51. The van der Waals surface area contributed by atoms with Crippen molar-refractivity contribution in [2.75, 3.05) is 18.5 Å². The number of hydrogen-bond acceptors (Lipinski definition) is 9. The number of phosphoric ester groups is 1. The minimum Gasteiger partial charge on any atom is -0.347 e. The summed E-state index contributed by atoms with van der Waals surface area (Å²) in [5, 5.41) is 5.25. The Balaban J connectivity index is 1.45. The van der Waals surface area contributed by atoms with E-state index in [0.717, 1.165) is 5.56 Å². The predicted octanol–water partition coefficient (Wildman–Crippen LogP) is 1.46. The van der Waals surface area contributed by atoms with Gasteiger partial charge in [-0.1, -0.05) is 30.3 Å². The van der Waals surface area contributed by atoms with Gasteiger partial charge in [0.15, 0.2) is 29.5 Å². The van der Waals surface area contributed by atoms with E-state index in [-0.39, 0.29) is 5.82 Å². The molecule has 5 rings (SSSR count). The second-order valence-corrected chi connectivity index (χ2v) is 9.07. The molecule has 0 aliphatic carbocycles. The van der Waals surface area contributed by atoms with E-state index in [4.69, 9.17) is 28.5 Å². The van der Waals surface area contributed by atoms with Crippen LogP contribution in [-0.2, 0) is 23.3 Å². The summed E-state index contributed by atoms with van der Waals surface area (Å²) in [6.45, 7) is 1.81. The largest absolute Gasteiger partial charge is 0.469 e. The van der Waals surface area contributed by atoms with E-state index in [1.807, 2.05) is 30.3 Å². The van der Waals surface area contributed by atoms with Crippen LogP contribution in [0, 0.1) is 0 Å². The molecule has 15 heteroatoms. The number of rotatable bonds is 7. The number of fused-ring (bicyclic) bond motifs is 2. The summed E-state index contributed by atoms with van der Waals surface area (Å²) in [5.74, 6) is 0.210. The summed E-state index contributed by atoms with van der Waals surface area (Å²) in [4.78, 5) is 43.0. The zero-order valence-corrected chi connectivity index (χ0v) is 19.3. The Morgan fingerprint density at radius 1 is 1.14 bits per heavy atom. The molecule has 14 nitrogen and oxygen atoms in total. The molecular weight excluding hydrogens is 483 g/mol. The van der Waals surface area contributed by atoms with Gasteiger partial charge in [-0.2, -0.15) is 0 Å². The highest BCUT2D eigenvalue weighted by Crippen LogP contribution is 2.46. The zero-order chi connectivity index (χ0) is 24.6. The van der Waals surface area contributed by atoms with E-state index in [1.165, 1.54) is 12.7 Å². The molecule has 2 saturated heterocycles. The van der Waals surface area contributed by atoms with Crippen molar-refractivity contribution in [3.63, 3.8) is 0 Å². The topological polar surface area (TPSA) is 179 Å². The summed E-state index contributed by atoms with van der Waals surface area (Å²) in [5.41, 5.74) is 1.47. The van der Waals surface area contributed by atoms with Gasteiger partial charge in [0.1, 0.15) is 24.6 Å². The number of carbonyl (C=O) groups excluding carboxylic acids is 1. The van der Waals surface area contributed by atoms with Crippen molar-refractivity contribution >= 4 is 30.8 Å². The van der Waals surface area contributed by atoms with Gasteiger partial charge in [0, 0.05) is 12.1 Å². The first-order valence-electron chi connectivity index (χ1n) is 10.8. The zero-order valence-electron chi connectivity index (χ0n) is 18.4. The van der Waals surface area contributed by atoms with Crippen LogP contribution in [0.4, 0.5) is 10.6 Å². The molecule has 4 N–H and O–H groups in total. The SMILES string of the molecule is CCNC(=O)Nc1ncnc2c1ncn2[C@@H]1O[C@H](COP(=O)(O)O)[C@@H]2OC(c3ccccc3)OC21. The fourth-order valence-corrected chi connectivity index (χ4v) is 4.41. The van der Waals surface area contributed by atoms with Crippen LogP contribution in [0.2, 0.25) is 0 Å². The summed E-state index contributed by atoms with van der Waals surface area (Å²) < 4.78 is 35.9. The highest BCUT2D eigenvalue weighted by molar-refractivity contribution is 7.46. The molecule has 3 aromatic rings. The fourth-order valence-electron chi connectivity index (χ4n) is 4.07. The molecule has 0 radical (unpaired) electrons. The fraction of sp³-hybridized carbons (Fsp3) is 0.400. The number of urea groups is 1. The van der Waals surface area contributed by atoms with Crippen molar-refractivity contribution in [1.29, 1.82) is 0 Å². The average molecular weight is 506 g/mol. The molecule has 0 saturated carbocycles. The maximum atomic E-state index is 12.0. The van der Waals surface area contributed by atoms with E-state index >= 15 is 0 Å². The number of anilines is 1. The van der Waals surface area contributed by atoms with Crippen LogP contribution in [0.25, 0.3) is 11.2 Å². The molecule has 35 heavy (non-hydrogen) atoms. The van der Waals surface area contributed by atoms with E-state index in [0.29, 0.717) is 17.7 Å². The Morgan fingerprint density at radius 2 is 1.91 bits per heavy atom. The smallest absolute Gasteiger partial charge is 0.347 e. The number of imidazole rings is 1. The summed E-state index contributed by atoms with van der Waals surface area (Å²) in [7, 11) is -4.74. The van der Waals surface area contributed by atoms with E-state index < -0.39 is 51.3 Å². The summed E-state index contributed by atoms with van der Waals surface area (Å²) >= 11 is 0. The summed E-state index contributed by atoms with van der Waals surface area (Å²) in [6.07, 6.45) is -0.983. The number of hydrogen-bond donors (Lipinski definition) is 4. The van der Waals surface area contributed by atoms with Crippen molar-refractivity contribution in [3.05, 3.63) is 48.5 Å². The third-order valence-electron chi connectivity index (χ3n) is 5.53. The van der Waals surface area contributed by atoms with Crippen molar-refractivity contribution < 1.29 is 37.9 Å². The number of nitrogens with zero attached hydrogens (tertiary/aromatic N) is 4. The Hall–Kier alpha value is -2.97. The molecule has 2 amide bonds. The van der Waals surface area contributed by atoms with Crippen molar-refractivity contribution in [2.24, 2.45) is 0 Å². The third kappa shape index (κ3) is 4.90. The Labute approximate surface area is 198 Å². The molecule has 186 valence electrons. The molecule has 1 aromatic carbocycles. The van der Waals surface area contributed by atoms with Gasteiger partial charge in [0.05, 0.1) is 12.9 Å². The van der Waals surface area contributed by atoms with Crippen LogP contribution in [0.3, 0.4) is 0 Å². The van der Waals surface area contributed by atoms with Crippen LogP contribution in [0.15, 0.2) is 43.0 Å². The number of aromatic nitrogens is 4. The Morgan fingerprint density at radius 3 is 2.66 bits per heavy atom. The van der Waals surface area contributed by atoms with Crippen molar-refractivity contribution in [2.45, 2.75) is 37.8 Å². The van der Waals surface area contributed by atoms with Crippen molar-refractivity contribution in [1.82, 2.24) is 24.8 Å². The predicted molar refractivity (Wildman–Crippen MR) is 119 cm³/mol. The first kappa shape index (κ1) is 23.8. The highest BCUT2D eigenvalue weighted by Gasteiger charge is 2.54. The molecule has 0 bridgehead atoms. The van der Waals surface area contributed by atoms with Gasteiger partial charge >= 0.3 is 13.9 Å². The van der Waals surface area contributed by atoms with Crippen LogP contribution >= 0.6 is 7.82 Å². The number of amides is 2. The van der Waals surface area contributed by atoms with Gasteiger partial charge in [0.2, 0.25) is 0 Å². The number of benzene rings is 1. The highest BCUT2D eigenvalue weighted by atomic mass is 31.2. The lowest BCUT2D eigenvalue weighted by Crippen LogP contribution is -2.31. The minimum absolute atomic E-state index is 0.210. The van der Waals surface area contributed by atoms with Crippen LogP contribution in [0.1, 0.15) is 25.0 Å². The monoisotopic (exact) mass is 506 g/mol. The maximum absolute atomic E-state index is 12.0. The van der Waals surface area contributed by atoms with Crippen LogP contribution < -0.4 is 10.6 Å². The van der Waals surface area contributed by atoms with Crippen LogP contribution in [-0.4, -0.2) is 66.8 Å². The molecule has 4 heterocycles. The number of phosphoric acid groups is 1. The second-order valence-electron chi connectivity index (χ2n) is 7.83. The van der Waals surface area contributed by atoms with Crippen LogP contribution in [0.5, 0.6) is 0 Å². The minimum atomic E-state index is -4.74. The quantitative estimate of drug-likeness (QED) is 0.341. The van der Waals surface area contributed by atoms with Gasteiger partial charge in [0.25, 0.3) is 0 Å². The van der Waals surface area contributed by atoms with Gasteiger partial charge in [-0.05, 0) is 6.92 Å². The van der Waals surface area contributed by atoms with Gasteiger partial charge in [-0.3, -0.25) is 14.4 Å². The van der Waals surface area contributed by atoms with Gasteiger partial charge < -0.3 is 29.3 Å². The lowest BCUT2D eigenvalue weighted by Gasteiger charge is -2.21. The van der Waals surface area contributed by atoms with Gasteiger partial charge in [-0.15, -0.1) is 0 Å². The standard InChI is InChI=1S/C20H23N6O8P/c1-2-21-20(27)25-16-13-17(23-9-22-16)26(10-24-13)18-15-14(12(32-18)8-31-35(28,29)30)33-19(34-15)11-6-4-3-5-7-11/h3-7,9-10,12,14-15,18-19H,2,8H2,1H3,(H2,28,29,30)(H2,21,22,23,25,27)/t12-,14+,15?,18-,19?/m1/s1. The maximum Gasteiger partial charge on any atom is 0.469 e. The number of ether oxygens (including phenoxy) is 3. The molecule has 2 aliphatic rings. The lowest BCUT2D eigenvalue weighted by atomic mass is 10.1. The molecule has 2 aromatic heterocycles. The number of nitrogens with one attached hydrogen (secondary N) is 2. The molecule has 2 fully saturated rings. The Bertz CT molecular complexity index is 1250. The lowest BCUT2D eigenvalue weighted by molar-refractivity contribution is -0.152. The van der Waals surface area contributed by atoms with Gasteiger partial charge in [-0.25, -0.2) is 24.3 Å². The first-order valence-corrected chi connectivity index (χ1v) is 12.3. The molecule has 2 unspecified atom stereocenters. The first-order chi connectivity index (χ1) is 16.8. The molecule has 2 aliphatic heterocycles. The van der Waals surface area contributed by atoms with Crippen molar-refractivity contribution in [3.8, 4) is 0 Å². The van der Waals surface area contributed by atoms with E-state index in [1.54, 1.807) is 11.5 Å². The second kappa shape index (κ2) is 9.59. The van der Waals surface area contributed by atoms with E-state index in [2.05, 4.69) is 25.6 Å². The molecule has 5 atom stereocenters. The average Bonchev–Trinajstić information content (AvgIpc) is 3.52. The molecular formula is C20H23N6O8P. The number of carbonyl (C=O) groups is 1. The molecule has 0 spiro atoms. The summed E-state index contributed by atoms with van der Waals surface area (Å²) in [6, 6.07) is 8.83.